The lowest BCUT2D eigenvalue weighted by atomic mass is 9.80. The Kier molecular flexibility index (Phi) is 22.8. The van der Waals surface area contributed by atoms with Gasteiger partial charge in [0.05, 0.1) is 24.4 Å². The summed E-state index contributed by atoms with van der Waals surface area (Å²) < 4.78 is 22.7. The normalized spacial score (nSPS) is 29.3. The number of carbonyl (C=O) groups excluding carboxylic acids is 4. The third kappa shape index (κ3) is 16.0. The molecule has 1 aliphatic carbocycles. The van der Waals surface area contributed by atoms with Crippen LogP contribution >= 0.6 is 0 Å². The van der Waals surface area contributed by atoms with Gasteiger partial charge in [-0.2, -0.15) is 0 Å². The highest BCUT2D eigenvalue weighted by Crippen LogP contribution is 2.37. The Morgan fingerprint density at radius 2 is 1.57 bits per heavy atom. The minimum atomic E-state index is -2.38. The first-order valence-corrected chi connectivity index (χ1v) is 23.6. The number of hydrogen-bond donors (Lipinski definition) is 4. The summed E-state index contributed by atoms with van der Waals surface area (Å²) in [6, 6.07) is -1.12. The molecule has 366 valence electrons. The van der Waals surface area contributed by atoms with Crippen molar-refractivity contribution in [2.24, 2.45) is 35.5 Å². The third-order valence-corrected chi connectivity index (χ3v) is 13.7. The molecule has 14 nitrogen and oxygen atoms in total. The highest BCUT2D eigenvalue weighted by Gasteiger charge is 2.52. The molecule has 4 N–H and O–H groups in total. The molecular weight excluding hydrogens is 835 g/mol. The van der Waals surface area contributed by atoms with Crippen molar-refractivity contribution in [1.29, 1.82) is 0 Å². The second-order valence-electron chi connectivity index (χ2n) is 19.0. The van der Waals surface area contributed by atoms with E-state index in [2.05, 4.69) is 6.92 Å². The van der Waals surface area contributed by atoms with Gasteiger partial charge >= 0.3 is 5.97 Å². The van der Waals surface area contributed by atoms with E-state index >= 15 is 0 Å². The summed E-state index contributed by atoms with van der Waals surface area (Å²) in [7, 11) is 4.58. The number of Topliss-reactive ketones (excluding diaryl/α,β-unsaturated/α-hetero) is 2. The molecule has 0 spiro atoms. The fourth-order valence-corrected chi connectivity index (χ4v) is 9.48. The van der Waals surface area contributed by atoms with E-state index in [0.29, 0.717) is 56.4 Å². The molecule has 0 radical (unpaired) electrons. The van der Waals surface area contributed by atoms with E-state index in [-0.39, 0.29) is 42.5 Å². The van der Waals surface area contributed by atoms with Gasteiger partial charge < -0.3 is 44.3 Å². The summed E-state index contributed by atoms with van der Waals surface area (Å²) >= 11 is 0. The number of aliphatic hydroxyl groups excluding tert-OH is 2. The van der Waals surface area contributed by atoms with Gasteiger partial charge in [-0.25, -0.2) is 4.79 Å². The second-order valence-corrected chi connectivity index (χ2v) is 19.0. The summed E-state index contributed by atoms with van der Waals surface area (Å²) in [4.78, 5) is 66.1. The maximum Gasteiger partial charge on any atom is 0.326 e. The maximum atomic E-state index is 13.5. The lowest BCUT2D eigenvalue weighted by molar-refractivity contribution is -0.265. The Bertz CT molecular complexity index is 1750. The van der Waals surface area contributed by atoms with Gasteiger partial charge in [-0.05, 0) is 113 Å². The third-order valence-electron chi connectivity index (χ3n) is 13.7. The van der Waals surface area contributed by atoms with E-state index < -0.39 is 77.8 Å². The number of carbonyl (C=O) groups is 5. The standard InChI is InChI=1S/C51H79NO13/c1-31(26-35(5)45(55)47(64-10)46(56)36(6)28-34(4)41(53)23-19-32(2)27-38-21-24-42(54)44(29-38)63-9)16-12-11-13-17-33(3)43(62-8)30-39-22-20-37(7)51(61,65-39)48(57)49(58)52-25-15-14-18-40(52)50(59)60/h11-13,16-17,19,23,28,31-32,34-35,37-40,42-44,46-47,54,56,61H,14-15,18,20-22,24-27,29-30H2,1-10H3,(H,59,60)/b13-11+,16-12+,23-19+,33-17+,36-28+/t31-,32+,34-,35-,37-,38+,39+,40+,42-,43+,44-,46-,47+,51-/m1/s1. The molecule has 14 atom stereocenters. The summed E-state index contributed by atoms with van der Waals surface area (Å²) in [6.45, 7) is 13.0. The summed E-state index contributed by atoms with van der Waals surface area (Å²) in [6.07, 6.45) is 17.4. The number of carboxylic acids is 1. The number of allylic oxidation sites excluding steroid dienone is 8. The lowest BCUT2D eigenvalue weighted by Crippen LogP contribution is -2.60. The maximum absolute atomic E-state index is 13.5. The monoisotopic (exact) mass is 914 g/mol. The van der Waals surface area contributed by atoms with E-state index in [4.69, 9.17) is 18.9 Å². The molecule has 2 aliphatic heterocycles. The number of ether oxygens (including phenoxy) is 4. The zero-order valence-electron chi connectivity index (χ0n) is 40.5. The highest BCUT2D eigenvalue weighted by atomic mass is 16.6. The van der Waals surface area contributed by atoms with Crippen LogP contribution in [0, 0.1) is 35.5 Å². The largest absolute Gasteiger partial charge is 0.480 e. The number of aliphatic hydroxyl groups is 3. The van der Waals surface area contributed by atoms with Crippen LogP contribution in [-0.4, -0.2) is 131 Å². The number of likely N-dealkylation sites (tertiary alicyclic amines) is 1. The molecule has 3 fully saturated rings. The van der Waals surface area contributed by atoms with Crippen LogP contribution in [0.15, 0.2) is 59.8 Å². The van der Waals surface area contributed by atoms with Crippen LogP contribution in [0.5, 0.6) is 0 Å². The van der Waals surface area contributed by atoms with Crippen LogP contribution in [0.25, 0.3) is 0 Å². The molecule has 1 saturated carbocycles. The molecule has 65 heavy (non-hydrogen) atoms. The first-order valence-electron chi connectivity index (χ1n) is 23.6. The highest BCUT2D eigenvalue weighted by molar-refractivity contribution is 6.39. The Morgan fingerprint density at radius 3 is 2.22 bits per heavy atom. The molecule has 0 unspecified atom stereocenters. The van der Waals surface area contributed by atoms with Crippen LogP contribution in [0.1, 0.15) is 119 Å². The molecular formula is C51H79NO13. The van der Waals surface area contributed by atoms with Gasteiger partial charge in [-0.1, -0.05) is 77.2 Å². The van der Waals surface area contributed by atoms with Crippen molar-refractivity contribution in [2.45, 2.75) is 168 Å². The van der Waals surface area contributed by atoms with E-state index in [1.54, 1.807) is 47.1 Å². The van der Waals surface area contributed by atoms with Crippen molar-refractivity contribution in [2.75, 3.05) is 27.9 Å². The van der Waals surface area contributed by atoms with Gasteiger partial charge in [0, 0.05) is 52.0 Å². The molecule has 2 heterocycles. The number of rotatable bonds is 24. The quantitative estimate of drug-likeness (QED) is 0.0353. The molecule has 2 saturated heterocycles. The minimum Gasteiger partial charge on any atom is -0.480 e. The summed E-state index contributed by atoms with van der Waals surface area (Å²) in [5.41, 5.74) is 1.35. The Hall–Kier alpha value is -3.63. The fourth-order valence-electron chi connectivity index (χ4n) is 9.48. The number of carboxylic acid groups (broad SMARTS) is 1. The Labute approximate surface area is 387 Å². The van der Waals surface area contributed by atoms with Gasteiger partial charge in [0.2, 0.25) is 5.79 Å². The summed E-state index contributed by atoms with van der Waals surface area (Å²) in [5.74, 6) is -7.06. The smallest absolute Gasteiger partial charge is 0.326 e. The van der Waals surface area contributed by atoms with Gasteiger partial charge in [-0.3, -0.25) is 19.2 Å². The number of piperidine rings is 1. The molecule has 0 aromatic rings. The van der Waals surface area contributed by atoms with Gasteiger partial charge in [0.1, 0.15) is 18.2 Å². The topological polar surface area (TPSA) is 206 Å². The van der Waals surface area contributed by atoms with E-state index in [0.717, 1.165) is 29.7 Å². The van der Waals surface area contributed by atoms with Gasteiger partial charge in [0.15, 0.2) is 11.6 Å². The molecule has 3 rings (SSSR count). The summed E-state index contributed by atoms with van der Waals surface area (Å²) in [5, 5.41) is 42.4. The van der Waals surface area contributed by atoms with Crippen molar-refractivity contribution in [1.82, 2.24) is 4.90 Å². The van der Waals surface area contributed by atoms with Crippen molar-refractivity contribution < 1.29 is 63.3 Å². The fraction of sp³-hybridized carbons (Fsp3) is 0.706. The first kappa shape index (κ1) is 55.7. The van der Waals surface area contributed by atoms with Crippen LogP contribution in [0.2, 0.25) is 0 Å². The van der Waals surface area contributed by atoms with E-state index in [1.807, 2.05) is 57.2 Å². The number of methoxy groups -OCH3 is 3. The average Bonchev–Trinajstić information content (AvgIpc) is 3.28. The minimum absolute atomic E-state index is 0.0173. The van der Waals surface area contributed by atoms with Crippen LogP contribution in [0.4, 0.5) is 0 Å². The molecule has 0 aromatic heterocycles. The SMILES string of the molecule is CO[C@@H](C[C@@H]1CC[C@@H](C)[C@](O)(C(=O)C(=O)N2CCCC[C@H]2C(=O)O)O1)/C(C)=C/C=C/C=C/[C@@H](C)C[C@@H](C)C(=O)[C@H](OC)[C@H](O)/C(C)=C/[C@@H](C)C(=O)/C=C/[C@H](C)C[C@@H]1CC[C@@H](O)[C@H](OC)C1. The molecule has 1 amide bonds. The lowest BCUT2D eigenvalue weighted by Gasteiger charge is -2.42. The number of ketones is 3. The van der Waals surface area contributed by atoms with Crippen molar-refractivity contribution >= 4 is 29.2 Å². The van der Waals surface area contributed by atoms with Crippen molar-refractivity contribution in [3.05, 3.63) is 59.8 Å². The molecule has 0 bridgehead atoms. The first-order chi connectivity index (χ1) is 30.7. The number of nitrogens with zero attached hydrogens (tertiary/aromatic N) is 1. The van der Waals surface area contributed by atoms with Crippen LogP contribution in [0.3, 0.4) is 0 Å². The number of amides is 1. The van der Waals surface area contributed by atoms with E-state index in [9.17, 15) is 44.4 Å². The zero-order chi connectivity index (χ0) is 48.6. The zero-order valence-corrected chi connectivity index (χ0v) is 40.5. The van der Waals surface area contributed by atoms with Crippen molar-refractivity contribution in [3.63, 3.8) is 0 Å². The van der Waals surface area contributed by atoms with Crippen LogP contribution in [-0.2, 0) is 42.9 Å². The Balaban J connectivity index is 1.51. The Morgan fingerprint density at radius 1 is 0.862 bits per heavy atom. The predicted molar refractivity (Wildman–Crippen MR) is 247 cm³/mol. The molecule has 3 aliphatic rings. The second kappa shape index (κ2) is 26.6. The average molecular weight is 914 g/mol. The van der Waals surface area contributed by atoms with Crippen LogP contribution < -0.4 is 0 Å². The number of aliphatic carboxylic acids is 1. The number of hydrogen-bond acceptors (Lipinski definition) is 12. The molecule has 14 heteroatoms. The van der Waals surface area contributed by atoms with Crippen molar-refractivity contribution in [3.8, 4) is 0 Å². The van der Waals surface area contributed by atoms with Gasteiger partial charge in [0.25, 0.3) is 11.7 Å². The molecule has 0 aromatic carbocycles. The predicted octanol–water partition coefficient (Wildman–Crippen LogP) is 6.51. The van der Waals surface area contributed by atoms with E-state index in [1.165, 1.54) is 7.11 Å². The van der Waals surface area contributed by atoms with Gasteiger partial charge in [-0.15, -0.1) is 0 Å².